The topological polar surface area (TPSA) is 52.3 Å². The lowest BCUT2D eigenvalue weighted by Gasteiger charge is -2.15. The molecule has 2 unspecified atom stereocenters. The summed E-state index contributed by atoms with van der Waals surface area (Å²) < 4.78 is 17.6. The van der Waals surface area contributed by atoms with Crippen LogP contribution in [0.25, 0.3) is 0 Å². The highest BCUT2D eigenvalue weighted by Crippen LogP contribution is 2.25. The predicted octanol–water partition coefficient (Wildman–Crippen LogP) is 3.60. The SMILES string of the molecule is CCCCC(CC)CS(=O)c1cc(OC)ccc1N. The van der Waals surface area contributed by atoms with E-state index in [2.05, 4.69) is 13.8 Å². The number of ether oxygens (including phenoxy) is 1. The van der Waals surface area contributed by atoms with Gasteiger partial charge in [-0.25, -0.2) is 0 Å². The fourth-order valence-electron chi connectivity index (χ4n) is 2.04. The lowest BCUT2D eigenvalue weighted by Crippen LogP contribution is -2.12. The number of hydrogen-bond acceptors (Lipinski definition) is 3. The highest BCUT2D eigenvalue weighted by molar-refractivity contribution is 7.85. The van der Waals surface area contributed by atoms with E-state index in [1.54, 1.807) is 25.3 Å². The Kier molecular flexibility index (Phi) is 6.92. The number of benzene rings is 1. The van der Waals surface area contributed by atoms with Crippen molar-refractivity contribution in [2.75, 3.05) is 18.6 Å². The minimum Gasteiger partial charge on any atom is -0.497 e. The zero-order valence-electron chi connectivity index (χ0n) is 12.1. The van der Waals surface area contributed by atoms with Gasteiger partial charge in [-0.05, 0) is 30.5 Å². The van der Waals surface area contributed by atoms with E-state index in [1.807, 2.05) is 0 Å². The van der Waals surface area contributed by atoms with Gasteiger partial charge in [-0.15, -0.1) is 0 Å². The quantitative estimate of drug-likeness (QED) is 0.742. The molecule has 0 bridgehead atoms. The Balaban J connectivity index is 2.76. The van der Waals surface area contributed by atoms with Crippen molar-refractivity contribution in [3.8, 4) is 5.75 Å². The van der Waals surface area contributed by atoms with Gasteiger partial charge in [0.25, 0.3) is 0 Å². The molecule has 108 valence electrons. The molecular weight excluding hydrogens is 258 g/mol. The Bertz CT molecular complexity index is 421. The van der Waals surface area contributed by atoms with Crippen LogP contribution in [0.5, 0.6) is 5.75 Å². The molecule has 0 heterocycles. The molecule has 1 rings (SSSR count). The molecule has 0 aliphatic carbocycles. The van der Waals surface area contributed by atoms with Crippen LogP contribution >= 0.6 is 0 Å². The van der Waals surface area contributed by atoms with Crippen LogP contribution < -0.4 is 10.5 Å². The molecule has 0 fully saturated rings. The van der Waals surface area contributed by atoms with Crippen LogP contribution in [0.4, 0.5) is 5.69 Å². The zero-order valence-corrected chi connectivity index (χ0v) is 13.0. The van der Waals surface area contributed by atoms with Gasteiger partial charge >= 0.3 is 0 Å². The molecule has 0 radical (unpaired) electrons. The lowest BCUT2D eigenvalue weighted by molar-refractivity contribution is 0.413. The molecule has 0 spiro atoms. The maximum atomic E-state index is 12.4. The number of unbranched alkanes of at least 4 members (excludes halogenated alkanes) is 1. The molecule has 0 amide bonds. The molecule has 1 aromatic rings. The van der Waals surface area contributed by atoms with Gasteiger partial charge in [0.1, 0.15) is 5.75 Å². The van der Waals surface area contributed by atoms with Crippen molar-refractivity contribution in [2.24, 2.45) is 5.92 Å². The Morgan fingerprint density at radius 2 is 2.11 bits per heavy atom. The summed E-state index contributed by atoms with van der Waals surface area (Å²) in [7, 11) is 0.560. The fourth-order valence-corrected chi connectivity index (χ4v) is 3.63. The second-order valence-corrected chi connectivity index (χ2v) is 6.30. The molecule has 0 saturated carbocycles. The number of methoxy groups -OCH3 is 1. The largest absolute Gasteiger partial charge is 0.497 e. The highest BCUT2D eigenvalue weighted by atomic mass is 32.2. The summed E-state index contributed by atoms with van der Waals surface area (Å²) in [6, 6.07) is 5.35. The highest BCUT2D eigenvalue weighted by Gasteiger charge is 2.15. The van der Waals surface area contributed by atoms with Crippen molar-refractivity contribution in [1.29, 1.82) is 0 Å². The summed E-state index contributed by atoms with van der Waals surface area (Å²) in [5, 5.41) is 0. The Labute approximate surface area is 119 Å². The molecule has 0 aliphatic heterocycles. The summed E-state index contributed by atoms with van der Waals surface area (Å²) in [6.07, 6.45) is 4.59. The van der Waals surface area contributed by atoms with E-state index in [0.29, 0.717) is 28.0 Å². The van der Waals surface area contributed by atoms with Crippen LogP contribution in [-0.4, -0.2) is 17.1 Å². The third kappa shape index (κ3) is 4.86. The van der Waals surface area contributed by atoms with Gasteiger partial charge in [0, 0.05) is 11.4 Å². The van der Waals surface area contributed by atoms with Crippen LogP contribution in [0.2, 0.25) is 0 Å². The van der Waals surface area contributed by atoms with Gasteiger partial charge in [-0.1, -0.05) is 33.1 Å². The molecule has 4 heteroatoms. The summed E-state index contributed by atoms with van der Waals surface area (Å²) in [5.74, 6) is 1.90. The van der Waals surface area contributed by atoms with E-state index in [-0.39, 0.29) is 0 Å². The lowest BCUT2D eigenvalue weighted by atomic mass is 10.0. The molecule has 0 aliphatic rings. The standard InChI is InChI=1S/C15H25NO2S/c1-4-6-7-12(5-2)11-19(17)15-10-13(18-3)8-9-14(15)16/h8-10,12H,4-7,11,16H2,1-3H3. The van der Waals surface area contributed by atoms with Gasteiger partial charge < -0.3 is 10.5 Å². The van der Waals surface area contributed by atoms with Crippen molar-refractivity contribution < 1.29 is 8.95 Å². The van der Waals surface area contributed by atoms with Crippen molar-refractivity contribution >= 4 is 16.5 Å². The maximum absolute atomic E-state index is 12.4. The molecule has 0 aromatic heterocycles. The van der Waals surface area contributed by atoms with E-state index >= 15 is 0 Å². The first-order chi connectivity index (χ1) is 9.12. The van der Waals surface area contributed by atoms with Crippen molar-refractivity contribution in [2.45, 2.75) is 44.4 Å². The van der Waals surface area contributed by atoms with Gasteiger partial charge in [0.15, 0.2) is 0 Å². The minimum absolute atomic E-state index is 0.506. The second-order valence-electron chi connectivity index (χ2n) is 4.83. The van der Waals surface area contributed by atoms with Crippen molar-refractivity contribution in [1.82, 2.24) is 0 Å². The Morgan fingerprint density at radius 1 is 1.37 bits per heavy atom. The minimum atomic E-state index is -1.05. The molecule has 1 aromatic carbocycles. The smallest absolute Gasteiger partial charge is 0.120 e. The van der Waals surface area contributed by atoms with Gasteiger partial charge in [-0.3, -0.25) is 4.21 Å². The predicted molar refractivity (Wildman–Crippen MR) is 82.0 cm³/mol. The molecule has 0 saturated heterocycles. The third-order valence-electron chi connectivity index (χ3n) is 3.40. The molecule has 2 atom stereocenters. The fraction of sp³-hybridized carbons (Fsp3) is 0.600. The van der Waals surface area contributed by atoms with E-state index in [0.717, 1.165) is 12.8 Å². The first-order valence-electron chi connectivity index (χ1n) is 6.94. The number of nitrogen functional groups attached to an aromatic ring is 1. The average molecular weight is 283 g/mol. The summed E-state index contributed by atoms with van der Waals surface area (Å²) in [4.78, 5) is 0.703. The number of hydrogen-bond donors (Lipinski definition) is 1. The summed E-state index contributed by atoms with van der Waals surface area (Å²) in [6.45, 7) is 4.34. The van der Waals surface area contributed by atoms with Crippen molar-refractivity contribution in [3.63, 3.8) is 0 Å². The van der Waals surface area contributed by atoms with E-state index in [9.17, 15) is 4.21 Å². The van der Waals surface area contributed by atoms with E-state index in [4.69, 9.17) is 10.5 Å². The first kappa shape index (κ1) is 16.0. The maximum Gasteiger partial charge on any atom is 0.120 e. The number of anilines is 1. The van der Waals surface area contributed by atoms with Crippen LogP contribution in [0.3, 0.4) is 0 Å². The second kappa shape index (κ2) is 8.20. The van der Waals surface area contributed by atoms with Gasteiger partial charge in [0.2, 0.25) is 0 Å². The van der Waals surface area contributed by atoms with Gasteiger partial charge in [0.05, 0.1) is 22.8 Å². The van der Waals surface area contributed by atoms with Crippen LogP contribution in [0, 0.1) is 5.92 Å². The molecule has 19 heavy (non-hydrogen) atoms. The van der Waals surface area contributed by atoms with Crippen LogP contribution in [0.15, 0.2) is 23.1 Å². The van der Waals surface area contributed by atoms with Crippen molar-refractivity contribution in [3.05, 3.63) is 18.2 Å². The molecule has 3 nitrogen and oxygen atoms in total. The summed E-state index contributed by atoms with van der Waals surface area (Å²) in [5.41, 5.74) is 6.50. The third-order valence-corrected chi connectivity index (χ3v) is 5.01. The van der Waals surface area contributed by atoms with Gasteiger partial charge in [-0.2, -0.15) is 0 Å². The average Bonchev–Trinajstić information content (AvgIpc) is 2.43. The normalized spacial score (nSPS) is 14.1. The first-order valence-corrected chi connectivity index (χ1v) is 8.26. The number of rotatable bonds is 8. The Morgan fingerprint density at radius 3 is 2.68 bits per heavy atom. The van der Waals surface area contributed by atoms with E-state index in [1.165, 1.54) is 12.8 Å². The summed E-state index contributed by atoms with van der Waals surface area (Å²) >= 11 is 0. The number of nitrogens with two attached hydrogens (primary N) is 1. The monoisotopic (exact) mass is 283 g/mol. The Hall–Kier alpha value is -1.03. The molecular formula is C15H25NO2S. The van der Waals surface area contributed by atoms with Crippen LogP contribution in [-0.2, 0) is 10.8 Å². The molecule has 2 N–H and O–H groups in total. The van der Waals surface area contributed by atoms with Crippen LogP contribution in [0.1, 0.15) is 39.5 Å². The van der Waals surface area contributed by atoms with E-state index < -0.39 is 10.8 Å². The zero-order chi connectivity index (χ0) is 14.3.